The molecule has 0 atom stereocenters. The number of thiophene rings is 1. The van der Waals surface area contributed by atoms with E-state index >= 15 is 0 Å². The molecule has 0 unspecified atom stereocenters. The summed E-state index contributed by atoms with van der Waals surface area (Å²) in [4.78, 5) is 26.2. The van der Waals surface area contributed by atoms with Crippen molar-refractivity contribution in [3.05, 3.63) is 40.3 Å². The molecule has 10 heteroatoms. The third-order valence-corrected chi connectivity index (χ3v) is 7.98. The number of nitrogens with zero attached hydrogens (tertiary/aromatic N) is 3. The summed E-state index contributed by atoms with van der Waals surface area (Å²) in [5.41, 5.74) is 2.46. The van der Waals surface area contributed by atoms with Gasteiger partial charge in [0.25, 0.3) is 0 Å². The van der Waals surface area contributed by atoms with E-state index in [1.807, 2.05) is 35.8 Å². The summed E-state index contributed by atoms with van der Waals surface area (Å²) < 4.78 is 12.7. The minimum atomic E-state index is -0.399. The quantitative estimate of drug-likeness (QED) is 0.213. The molecule has 1 aliphatic rings. The molecule has 8 nitrogen and oxygen atoms in total. The van der Waals surface area contributed by atoms with Gasteiger partial charge in [0.15, 0.2) is 11.0 Å². The molecule has 35 heavy (non-hydrogen) atoms. The number of rotatable bonds is 11. The molecule has 2 aromatic heterocycles. The highest BCUT2D eigenvalue weighted by atomic mass is 32.2. The second-order valence-electron chi connectivity index (χ2n) is 8.17. The van der Waals surface area contributed by atoms with Crippen LogP contribution in [-0.2, 0) is 28.9 Å². The summed E-state index contributed by atoms with van der Waals surface area (Å²) in [5.74, 6) is 1.15. The van der Waals surface area contributed by atoms with Gasteiger partial charge < -0.3 is 19.4 Å². The number of thioether (sulfide) groups is 1. The zero-order chi connectivity index (χ0) is 24.8. The van der Waals surface area contributed by atoms with E-state index < -0.39 is 5.97 Å². The number of hydrogen-bond acceptors (Lipinski definition) is 8. The number of aryl methyl sites for hydroxylation is 1. The minimum Gasteiger partial charge on any atom is -0.494 e. The van der Waals surface area contributed by atoms with Gasteiger partial charge in [-0.2, -0.15) is 0 Å². The number of benzene rings is 1. The number of carbonyl (C=O) groups excluding carboxylic acids is 2. The van der Waals surface area contributed by atoms with Crippen LogP contribution < -0.4 is 10.1 Å². The molecule has 0 spiro atoms. The monoisotopic (exact) mass is 514 g/mol. The number of nitrogens with one attached hydrogen (secondary N) is 1. The molecule has 1 aromatic carbocycles. The highest BCUT2D eigenvalue weighted by Gasteiger charge is 2.28. The van der Waals surface area contributed by atoms with Crippen molar-refractivity contribution in [2.75, 3.05) is 24.8 Å². The molecule has 0 aliphatic heterocycles. The molecular formula is C25H30N4O4S2. The lowest BCUT2D eigenvalue weighted by molar-refractivity contribution is -0.113. The van der Waals surface area contributed by atoms with Gasteiger partial charge in [-0.1, -0.05) is 25.1 Å². The number of carbonyl (C=O) groups is 2. The first-order chi connectivity index (χ1) is 17.0. The van der Waals surface area contributed by atoms with Crippen LogP contribution in [0.15, 0.2) is 29.4 Å². The lowest BCUT2D eigenvalue weighted by atomic mass is 10.1. The summed E-state index contributed by atoms with van der Waals surface area (Å²) in [6.45, 7) is 5.54. The second kappa shape index (κ2) is 11.7. The Bertz CT molecular complexity index is 1190. The van der Waals surface area contributed by atoms with Gasteiger partial charge in [-0.05, 0) is 62.4 Å². The van der Waals surface area contributed by atoms with Crippen molar-refractivity contribution in [3.63, 3.8) is 0 Å². The maximum atomic E-state index is 12.7. The van der Waals surface area contributed by atoms with Crippen molar-refractivity contribution in [2.24, 2.45) is 0 Å². The van der Waals surface area contributed by atoms with Crippen molar-refractivity contribution in [3.8, 4) is 17.1 Å². The van der Waals surface area contributed by atoms with Crippen LogP contribution in [0.25, 0.3) is 11.4 Å². The van der Waals surface area contributed by atoms with E-state index in [0.29, 0.717) is 28.9 Å². The van der Waals surface area contributed by atoms with Gasteiger partial charge in [-0.15, -0.1) is 21.5 Å². The van der Waals surface area contributed by atoms with E-state index in [9.17, 15) is 9.59 Å². The molecule has 4 rings (SSSR count). The molecule has 2 heterocycles. The number of anilines is 1. The maximum absolute atomic E-state index is 12.7. The molecule has 0 radical (unpaired) electrons. The van der Waals surface area contributed by atoms with E-state index in [-0.39, 0.29) is 11.7 Å². The van der Waals surface area contributed by atoms with Gasteiger partial charge in [-0.3, -0.25) is 4.79 Å². The molecule has 3 aromatic rings. The van der Waals surface area contributed by atoms with E-state index in [2.05, 4.69) is 22.4 Å². The Morgan fingerprint density at radius 2 is 1.97 bits per heavy atom. The molecule has 1 amide bonds. The molecule has 0 bridgehead atoms. The summed E-state index contributed by atoms with van der Waals surface area (Å²) >= 11 is 2.80. The smallest absolute Gasteiger partial charge is 0.341 e. The molecule has 0 saturated heterocycles. The van der Waals surface area contributed by atoms with Crippen LogP contribution in [0.4, 0.5) is 5.00 Å². The fraction of sp³-hybridized carbons (Fsp3) is 0.440. The van der Waals surface area contributed by atoms with E-state index in [4.69, 9.17) is 9.47 Å². The molecule has 0 fully saturated rings. The number of amides is 1. The molecule has 0 saturated carbocycles. The fourth-order valence-corrected chi connectivity index (χ4v) is 6.13. The molecule has 1 N–H and O–H groups in total. The first kappa shape index (κ1) is 25.2. The Kier molecular flexibility index (Phi) is 8.46. The van der Waals surface area contributed by atoms with E-state index in [1.54, 1.807) is 0 Å². The summed E-state index contributed by atoms with van der Waals surface area (Å²) in [6, 6.07) is 7.83. The largest absolute Gasteiger partial charge is 0.494 e. The topological polar surface area (TPSA) is 95.3 Å². The summed E-state index contributed by atoms with van der Waals surface area (Å²) in [7, 11) is 1.37. The Morgan fingerprint density at radius 1 is 1.17 bits per heavy atom. The van der Waals surface area contributed by atoms with Crippen molar-refractivity contribution < 1.29 is 19.1 Å². The van der Waals surface area contributed by atoms with Crippen LogP contribution in [0.3, 0.4) is 0 Å². The fourth-order valence-electron chi connectivity index (χ4n) is 4.03. The van der Waals surface area contributed by atoms with Crippen LogP contribution in [0, 0.1) is 0 Å². The number of ether oxygens (including phenoxy) is 2. The standard InChI is InChI=1S/C25H30N4O4S2/c1-4-6-14-33-17-12-10-16(11-13-17)22-27-28-25(29(22)5-2)34-15-20(30)26-23-21(24(31)32-3)18-8-7-9-19(18)35-23/h10-13H,4-9,14-15H2,1-3H3,(H,26,30). The molecule has 186 valence electrons. The van der Waals surface area contributed by atoms with Gasteiger partial charge in [0.2, 0.25) is 5.91 Å². The van der Waals surface area contributed by atoms with Gasteiger partial charge in [0.05, 0.1) is 25.0 Å². The van der Waals surface area contributed by atoms with Gasteiger partial charge >= 0.3 is 5.97 Å². The summed E-state index contributed by atoms with van der Waals surface area (Å²) in [6.07, 6.45) is 4.92. The highest BCUT2D eigenvalue weighted by Crippen LogP contribution is 2.39. The van der Waals surface area contributed by atoms with Crippen LogP contribution in [-0.4, -0.2) is 46.1 Å². The lowest BCUT2D eigenvalue weighted by Crippen LogP contribution is -2.16. The van der Waals surface area contributed by atoms with Gasteiger partial charge in [0, 0.05) is 17.0 Å². The number of methoxy groups -OCH3 is 1. The summed E-state index contributed by atoms with van der Waals surface area (Å²) in [5, 5.41) is 12.8. The Hall–Kier alpha value is -2.85. The highest BCUT2D eigenvalue weighted by molar-refractivity contribution is 7.99. The lowest BCUT2D eigenvalue weighted by Gasteiger charge is -2.09. The SMILES string of the molecule is CCCCOc1ccc(-c2nnc(SCC(=O)Nc3sc4c(c3C(=O)OC)CCC4)n2CC)cc1. The number of esters is 1. The number of hydrogen-bond donors (Lipinski definition) is 1. The van der Waals surface area contributed by atoms with Gasteiger partial charge in [-0.25, -0.2) is 4.79 Å². The Labute approximate surface area is 213 Å². The predicted molar refractivity (Wildman–Crippen MR) is 139 cm³/mol. The van der Waals surface area contributed by atoms with Crippen molar-refractivity contribution >= 4 is 40.0 Å². The van der Waals surface area contributed by atoms with E-state index in [1.165, 1.54) is 30.2 Å². The molecule has 1 aliphatic carbocycles. The minimum absolute atomic E-state index is 0.158. The average molecular weight is 515 g/mol. The predicted octanol–water partition coefficient (Wildman–Crippen LogP) is 5.21. The van der Waals surface area contributed by atoms with Crippen LogP contribution in [0.2, 0.25) is 0 Å². The average Bonchev–Trinajstić information content (AvgIpc) is 3.57. The Balaban J connectivity index is 1.41. The van der Waals surface area contributed by atoms with Crippen LogP contribution in [0.1, 0.15) is 53.9 Å². The first-order valence-electron chi connectivity index (χ1n) is 11.9. The third kappa shape index (κ3) is 5.70. The van der Waals surface area contributed by atoms with E-state index in [0.717, 1.165) is 59.7 Å². The maximum Gasteiger partial charge on any atom is 0.341 e. The first-order valence-corrected chi connectivity index (χ1v) is 13.7. The van der Waals surface area contributed by atoms with Crippen LogP contribution in [0.5, 0.6) is 5.75 Å². The van der Waals surface area contributed by atoms with Crippen molar-refractivity contribution in [1.82, 2.24) is 14.8 Å². The Morgan fingerprint density at radius 3 is 2.69 bits per heavy atom. The number of aromatic nitrogens is 3. The zero-order valence-corrected chi connectivity index (χ0v) is 21.9. The number of unbranched alkanes of at least 4 members (excludes halogenated alkanes) is 1. The second-order valence-corrected chi connectivity index (χ2v) is 10.2. The third-order valence-electron chi connectivity index (χ3n) is 5.81. The molecular weight excluding hydrogens is 484 g/mol. The number of fused-ring (bicyclic) bond motifs is 1. The zero-order valence-electron chi connectivity index (χ0n) is 20.3. The van der Waals surface area contributed by atoms with Crippen molar-refractivity contribution in [1.29, 1.82) is 0 Å². The normalized spacial score (nSPS) is 12.4. The van der Waals surface area contributed by atoms with Crippen LogP contribution >= 0.6 is 23.1 Å². The van der Waals surface area contributed by atoms with Crippen molar-refractivity contribution in [2.45, 2.75) is 57.7 Å². The van der Waals surface area contributed by atoms with Gasteiger partial charge in [0.1, 0.15) is 10.8 Å².